The molecule has 166 valence electrons. The molecule has 0 aliphatic heterocycles. The fourth-order valence-electron chi connectivity index (χ4n) is 4.20. The predicted molar refractivity (Wildman–Crippen MR) is 146 cm³/mol. The van der Waals surface area contributed by atoms with Crippen LogP contribution in [0.2, 0.25) is 0 Å². The molecule has 0 aliphatic rings. The number of anilines is 5. The van der Waals surface area contributed by atoms with E-state index < -0.39 is 0 Å². The summed E-state index contributed by atoms with van der Waals surface area (Å²) in [6, 6.07) is 47.2. The molecular formula is C32H28N2. The Bertz CT molecular complexity index is 1320. The molecule has 0 radical (unpaired) electrons. The molecule has 5 aromatic rings. The van der Waals surface area contributed by atoms with Gasteiger partial charge in [-0.3, -0.25) is 0 Å². The standard InChI is InChI=1S/C32H28N2/c1-25-13-17-28(18-14-25)33(2)29-21-23-32(24-22-29)34(30-11-7-4-8-12-30)31-19-15-27(16-20-31)26-9-5-3-6-10-26/h3-24H,1-2H3. The van der Waals surface area contributed by atoms with Crippen molar-refractivity contribution in [2.75, 3.05) is 16.8 Å². The molecule has 0 aromatic heterocycles. The van der Waals surface area contributed by atoms with E-state index >= 15 is 0 Å². The molecule has 0 unspecified atom stereocenters. The fraction of sp³-hybridized carbons (Fsp3) is 0.0625. The van der Waals surface area contributed by atoms with E-state index in [1.165, 1.54) is 22.4 Å². The molecule has 0 atom stereocenters. The first-order chi connectivity index (χ1) is 16.7. The van der Waals surface area contributed by atoms with Gasteiger partial charge in [-0.1, -0.05) is 78.4 Å². The van der Waals surface area contributed by atoms with Crippen LogP contribution in [-0.4, -0.2) is 7.05 Å². The summed E-state index contributed by atoms with van der Waals surface area (Å²) in [5, 5.41) is 0. The maximum absolute atomic E-state index is 2.30. The highest BCUT2D eigenvalue weighted by Gasteiger charge is 2.13. The summed E-state index contributed by atoms with van der Waals surface area (Å²) >= 11 is 0. The second kappa shape index (κ2) is 9.68. The maximum Gasteiger partial charge on any atom is 0.0463 e. The van der Waals surface area contributed by atoms with E-state index in [-0.39, 0.29) is 0 Å². The van der Waals surface area contributed by atoms with Crippen molar-refractivity contribution in [1.82, 2.24) is 0 Å². The Morgan fingerprint density at radius 1 is 0.382 bits per heavy atom. The van der Waals surface area contributed by atoms with Gasteiger partial charge in [0, 0.05) is 35.5 Å². The monoisotopic (exact) mass is 440 g/mol. The largest absolute Gasteiger partial charge is 0.345 e. The van der Waals surface area contributed by atoms with Crippen molar-refractivity contribution in [2.24, 2.45) is 0 Å². The Hall–Kier alpha value is -4.30. The number of aryl methyl sites for hydroxylation is 1. The SMILES string of the molecule is Cc1ccc(N(C)c2ccc(N(c3ccccc3)c3ccc(-c4ccccc4)cc3)cc2)cc1. The third kappa shape index (κ3) is 4.57. The number of rotatable bonds is 6. The van der Waals surface area contributed by atoms with Gasteiger partial charge in [0.1, 0.15) is 0 Å². The first kappa shape index (κ1) is 21.5. The maximum atomic E-state index is 2.30. The number of benzene rings is 5. The molecule has 0 spiro atoms. The summed E-state index contributed by atoms with van der Waals surface area (Å²) in [5.74, 6) is 0. The molecule has 0 saturated heterocycles. The van der Waals surface area contributed by atoms with Crippen molar-refractivity contribution in [3.8, 4) is 11.1 Å². The molecule has 5 aromatic carbocycles. The molecular weight excluding hydrogens is 412 g/mol. The number of hydrogen-bond donors (Lipinski definition) is 0. The molecule has 0 bridgehead atoms. The molecule has 0 aliphatic carbocycles. The lowest BCUT2D eigenvalue weighted by molar-refractivity contribution is 1.20. The second-order valence-electron chi connectivity index (χ2n) is 8.49. The van der Waals surface area contributed by atoms with Gasteiger partial charge in [0.25, 0.3) is 0 Å². The molecule has 2 heteroatoms. The van der Waals surface area contributed by atoms with Gasteiger partial charge < -0.3 is 9.80 Å². The number of para-hydroxylation sites is 1. The Balaban J connectivity index is 1.48. The normalized spacial score (nSPS) is 10.6. The van der Waals surface area contributed by atoms with Gasteiger partial charge in [0.15, 0.2) is 0 Å². The van der Waals surface area contributed by atoms with Gasteiger partial charge in [-0.25, -0.2) is 0 Å². The van der Waals surface area contributed by atoms with Crippen LogP contribution in [-0.2, 0) is 0 Å². The number of nitrogens with zero attached hydrogens (tertiary/aromatic N) is 2. The minimum absolute atomic E-state index is 1.12. The van der Waals surface area contributed by atoms with Crippen molar-refractivity contribution < 1.29 is 0 Å². The number of hydrogen-bond acceptors (Lipinski definition) is 2. The lowest BCUT2D eigenvalue weighted by Crippen LogP contribution is -2.11. The zero-order chi connectivity index (χ0) is 23.3. The molecule has 2 nitrogen and oxygen atoms in total. The Morgan fingerprint density at radius 2 is 0.765 bits per heavy atom. The van der Waals surface area contributed by atoms with Crippen LogP contribution in [0.15, 0.2) is 133 Å². The molecule has 5 rings (SSSR count). The molecule has 0 N–H and O–H groups in total. The molecule has 0 saturated carbocycles. The summed E-state index contributed by atoms with van der Waals surface area (Å²) in [6.07, 6.45) is 0. The first-order valence-corrected chi connectivity index (χ1v) is 11.6. The lowest BCUT2D eigenvalue weighted by atomic mass is 10.0. The van der Waals surface area contributed by atoms with Crippen molar-refractivity contribution in [3.05, 3.63) is 139 Å². The summed E-state index contributed by atoms with van der Waals surface area (Å²) < 4.78 is 0. The van der Waals surface area contributed by atoms with Gasteiger partial charge in [-0.05, 0) is 78.7 Å². The van der Waals surface area contributed by atoms with Gasteiger partial charge in [0.2, 0.25) is 0 Å². The van der Waals surface area contributed by atoms with E-state index in [0.29, 0.717) is 0 Å². The van der Waals surface area contributed by atoms with Gasteiger partial charge >= 0.3 is 0 Å². The van der Waals surface area contributed by atoms with Gasteiger partial charge in [0.05, 0.1) is 0 Å². The minimum Gasteiger partial charge on any atom is -0.345 e. The highest BCUT2D eigenvalue weighted by molar-refractivity contribution is 5.79. The average molecular weight is 441 g/mol. The van der Waals surface area contributed by atoms with Crippen LogP contribution >= 0.6 is 0 Å². The van der Waals surface area contributed by atoms with Gasteiger partial charge in [-0.15, -0.1) is 0 Å². The van der Waals surface area contributed by atoms with E-state index in [0.717, 1.165) is 22.7 Å². The van der Waals surface area contributed by atoms with Crippen molar-refractivity contribution in [1.29, 1.82) is 0 Å². The molecule has 0 heterocycles. The quantitative estimate of drug-likeness (QED) is 0.260. The highest BCUT2D eigenvalue weighted by Crippen LogP contribution is 2.36. The van der Waals surface area contributed by atoms with Gasteiger partial charge in [-0.2, -0.15) is 0 Å². The van der Waals surface area contributed by atoms with Crippen molar-refractivity contribution in [2.45, 2.75) is 6.92 Å². The smallest absolute Gasteiger partial charge is 0.0463 e. The second-order valence-corrected chi connectivity index (χ2v) is 8.49. The fourth-order valence-corrected chi connectivity index (χ4v) is 4.20. The zero-order valence-electron chi connectivity index (χ0n) is 19.6. The highest BCUT2D eigenvalue weighted by atomic mass is 15.1. The van der Waals surface area contributed by atoms with E-state index in [1.807, 2.05) is 0 Å². The summed E-state index contributed by atoms with van der Waals surface area (Å²) in [4.78, 5) is 4.51. The molecule has 0 fully saturated rings. The van der Waals surface area contributed by atoms with Crippen LogP contribution in [0.5, 0.6) is 0 Å². The molecule has 34 heavy (non-hydrogen) atoms. The van der Waals surface area contributed by atoms with E-state index in [4.69, 9.17) is 0 Å². The van der Waals surface area contributed by atoms with Crippen LogP contribution in [0.25, 0.3) is 11.1 Å². The van der Waals surface area contributed by atoms with E-state index in [9.17, 15) is 0 Å². The third-order valence-corrected chi connectivity index (χ3v) is 6.16. The zero-order valence-corrected chi connectivity index (χ0v) is 19.6. The van der Waals surface area contributed by atoms with E-state index in [2.05, 4.69) is 157 Å². The van der Waals surface area contributed by atoms with E-state index in [1.54, 1.807) is 0 Å². The third-order valence-electron chi connectivity index (χ3n) is 6.16. The molecule has 0 amide bonds. The van der Waals surface area contributed by atoms with Crippen LogP contribution in [0.4, 0.5) is 28.4 Å². The Kier molecular flexibility index (Phi) is 6.13. The minimum atomic E-state index is 1.12. The lowest BCUT2D eigenvalue weighted by Gasteiger charge is -2.27. The van der Waals surface area contributed by atoms with Crippen molar-refractivity contribution in [3.63, 3.8) is 0 Å². The van der Waals surface area contributed by atoms with Crippen LogP contribution < -0.4 is 9.80 Å². The topological polar surface area (TPSA) is 6.48 Å². The van der Waals surface area contributed by atoms with Crippen LogP contribution in [0, 0.1) is 6.92 Å². The summed E-state index contributed by atoms with van der Waals surface area (Å²) in [6.45, 7) is 2.11. The van der Waals surface area contributed by atoms with Crippen LogP contribution in [0.3, 0.4) is 0 Å². The van der Waals surface area contributed by atoms with Crippen molar-refractivity contribution >= 4 is 28.4 Å². The summed E-state index contributed by atoms with van der Waals surface area (Å²) in [7, 11) is 2.11. The average Bonchev–Trinajstić information content (AvgIpc) is 2.91. The first-order valence-electron chi connectivity index (χ1n) is 11.6. The Morgan fingerprint density at radius 3 is 1.32 bits per heavy atom. The predicted octanol–water partition coefficient (Wildman–Crippen LogP) is 8.90. The van der Waals surface area contributed by atoms with Crippen LogP contribution in [0.1, 0.15) is 5.56 Å². The summed E-state index contributed by atoms with van der Waals surface area (Å²) in [5.41, 5.74) is 9.43. The Labute approximate surface area is 202 Å².